The minimum Gasteiger partial charge on any atom is -0.496 e. The number of esters is 2. The molecule has 10 nitrogen and oxygen atoms in total. The maximum Gasteiger partial charge on any atom is 0.353 e. The third kappa shape index (κ3) is 4.99. The third-order valence-electron chi connectivity index (χ3n) is 9.90. The van der Waals surface area contributed by atoms with Gasteiger partial charge in [-0.2, -0.15) is 0 Å². The van der Waals surface area contributed by atoms with Crippen LogP contribution in [0, 0.1) is 0 Å². The molecule has 2 fully saturated rings. The highest BCUT2D eigenvalue weighted by Crippen LogP contribution is 2.58. The second kappa shape index (κ2) is 10.9. The summed E-state index contributed by atoms with van der Waals surface area (Å²) >= 11 is 0. The first-order valence-electron chi connectivity index (χ1n) is 15.6. The average molecular weight is 617 g/mol. The zero-order valence-corrected chi connectivity index (χ0v) is 26.0. The zero-order valence-electron chi connectivity index (χ0n) is 26.0. The number of nitrogens with two attached hydrogens (primary N) is 1. The second-order valence-corrected chi connectivity index (χ2v) is 13.2. The predicted octanol–water partition coefficient (Wildman–Crippen LogP) is 4.26. The van der Waals surface area contributed by atoms with E-state index in [1.165, 1.54) is 0 Å². The van der Waals surface area contributed by atoms with Crippen molar-refractivity contribution in [2.45, 2.75) is 80.9 Å². The molecule has 4 heterocycles. The summed E-state index contributed by atoms with van der Waals surface area (Å²) in [5.41, 5.74) is 6.02. The molecule has 7 rings (SSSR count). The van der Waals surface area contributed by atoms with Gasteiger partial charge < -0.3 is 28.4 Å². The van der Waals surface area contributed by atoms with E-state index in [-0.39, 0.29) is 19.6 Å². The number of carbonyl (C=O) groups excluding carboxylic acids is 2. The van der Waals surface area contributed by atoms with Gasteiger partial charge in [0, 0.05) is 13.0 Å². The molecule has 0 saturated carbocycles. The van der Waals surface area contributed by atoms with Crippen LogP contribution in [0.5, 0.6) is 11.5 Å². The lowest BCUT2D eigenvalue weighted by Gasteiger charge is -2.45. The lowest BCUT2D eigenvalue weighted by molar-refractivity contribution is -0.216. The van der Waals surface area contributed by atoms with Crippen molar-refractivity contribution in [3.05, 3.63) is 83.1 Å². The number of methoxy groups -OCH3 is 1. The lowest BCUT2D eigenvalue weighted by atomic mass is 9.75. The van der Waals surface area contributed by atoms with Crippen LogP contribution < -0.4 is 15.2 Å². The number of ether oxygens (including phenoxy) is 6. The summed E-state index contributed by atoms with van der Waals surface area (Å²) in [6, 6.07) is 13.9. The highest BCUT2D eigenvalue weighted by Gasteiger charge is 2.66. The summed E-state index contributed by atoms with van der Waals surface area (Å²) in [6.07, 6.45) is 8.34. The van der Waals surface area contributed by atoms with Crippen LogP contribution in [0.4, 0.5) is 0 Å². The van der Waals surface area contributed by atoms with Crippen LogP contribution >= 0.6 is 0 Å². The van der Waals surface area contributed by atoms with E-state index >= 15 is 0 Å². The van der Waals surface area contributed by atoms with E-state index in [1.54, 1.807) is 7.11 Å². The molecule has 5 aliphatic rings. The topological polar surface area (TPSA) is 119 Å². The first-order valence-corrected chi connectivity index (χ1v) is 15.6. The van der Waals surface area contributed by atoms with Gasteiger partial charge in [0.1, 0.15) is 0 Å². The van der Waals surface area contributed by atoms with Crippen molar-refractivity contribution in [3.63, 3.8) is 0 Å². The fourth-order valence-electron chi connectivity index (χ4n) is 7.66. The monoisotopic (exact) mass is 616 g/mol. The van der Waals surface area contributed by atoms with Crippen molar-refractivity contribution in [2.75, 3.05) is 27.0 Å². The Morgan fingerprint density at radius 2 is 1.91 bits per heavy atom. The highest BCUT2D eigenvalue weighted by molar-refractivity contribution is 5.94. The summed E-state index contributed by atoms with van der Waals surface area (Å²) in [4.78, 5) is 28.8. The van der Waals surface area contributed by atoms with Crippen LogP contribution in [0.15, 0.2) is 66.5 Å². The molecule has 2 aromatic carbocycles. The quantitative estimate of drug-likeness (QED) is 0.249. The number of nitrogens with zero attached hydrogens (tertiary/aromatic N) is 1. The molecular formula is C35H40N2O8. The fraction of sp³-hybridized carbons (Fsp3) is 0.486. The standard InChI is InChI=1S/C35H40N2O8/c1-32(2,43-21-23-9-5-4-6-10-23)12-7-14-34(20-29(38)44-34)31(39)45-35(36)28(40-3)19-33-13-8-15-37(33)16-11-24-17-26-27(42-22-41-26)18-25(24)30(33)35/h4-7,9-10,12,17-19,30H,8,11,13-16,20-22,36H2,1-3H3/b12-7+/t30-,33-,34+,35+/m0/s1. The van der Waals surface area contributed by atoms with E-state index in [4.69, 9.17) is 34.2 Å². The minimum absolute atomic E-state index is 0.110. The molecule has 0 unspecified atom stereocenters. The van der Waals surface area contributed by atoms with Crippen LogP contribution in [0.25, 0.3) is 0 Å². The SMILES string of the molecule is COC1=C[C@]23CCCN2CCc2cc4c(cc2[C@@H]3[C@]1(N)OC(=O)[C@@]1(C/C=C/C(C)(C)OCc2ccccc2)CC(=O)O1)OCO4. The Bertz CT molecular complexity index is 1560. The zero-order chi connectivity index (χ0) is 31.5. The molecule has 2 N–H and O–H groups in total. The maximum atomic E-state index is 14.1. The molecular weight excluding hydrogens is 576 g/mol. The average Bonchev–Trinajstić information content (AvgIpc) is 3.67. The number of rotatable bonds is 9. The molecule has 45 heavy (non-hydrogen) atoms. The van der Waals surface area contributed by atoms with Crippen molar-refractivity contribution >= 4 is 11.9 Å². The highest BCUT2D eigenvalue weighted by atomic mass is 16.7. The molecule has 0 bridgehead atoms. The predicted molar refractivity (Wildman–Crippen MR) is 163 cm³/mol. The first kappa shape index (κ1) is 29.8. The molecule has 4 atom stereocenters. The van der Waals surface area contributed by atoms with Crippen LogP contribution in [-0.4, -0.2) is 66.3 Å². The molecule has 2 aromatic rings. The molecule has 0 radical (unpaired) electrons. The molecule has 4 aliphatic heterocycles. The Hall–Kier alpha value is -3.86. The number of fused-ring (bicyclic) bond motifs is 3. The van der Waals surface area contributed by atoms with Gasteiger partial charge >= 0.3 is 11.9 Å². The summed E-state index contributed by atoms with van der Waals surface area (Å²) in [7, 11) is 1.54. The molecule has 0 aromatic heterocycles. The Kier molecular flexibility index (Phi) is 7.22. The van der Waals surface area contributed by atoms with Crippen molar-refractivity contribution < 1.29 is 38.0 Å². The first-order chi connectivity index (χ1) is 21.6. The molecule has 1 spiro atoms. The fourth-order valence-corrected chi connectivity index (χ4v) is 7.66. The van der Waals surface area contributed by atoms with E-state index in [0.29, 0.717) is 23.9 Å². The van der Waals surface area contributed by atoms with Gasteiger partial charge in [0.25, 0.3) is 0 Å². The molecule has 10 heteroatoms. The largest absolute Gasteiger partial charge is 0.496 e. The maximum absolute atomic E-state index is 14.1. The Balaban J connectivity index is 1.17. The normalized spacial score (nSPS) is 30.1. The van der Waals surface area contributed by atoms with Gasteiger partial charge in [-0.05, 0) is 74.6 Å². The molecule has 0 amide bonds. The van der Waals surface area contributed by atoms with Gasteiger partial charge in [-0.3, -0.25) is 15.4 Å². The van der Waals surface area contributed by atoms with E-state index in [0.717, 1.165) is 49.0 Å². The minimum atomic E-state index is -1.65. The van der Waals surface area contributed by atoms with Gasteiger partial charge in [0.2, 0.25) is 18.1 Å². The number of hydrogen-bond donors (Lipinski definition) is 1. The van der Waals surface area contributed by atoms with Crippen molar-refractivity contribution in [2.24, 2.45) is 5.73 Å². The Morgan fingerprint density at radius 3 is 2.64 bits per heavy atom. The summed E-state index contributed by atoms with van der Waals surface area (Å²) in [6.45, 7) is 6.17. The second-order valence-electron chi connectivity index (χ2n) is 13.2. The van der Waals surface area contributed by atoms with E-state index < -0.39 is 40.3 Å². The molecule has 238 valence electrons. The van der Waals surface area contributed by atoms with Gasteiger partial charge in [-0.15, -0.1) is 0 Å². The molecule has 1 aliphatic carbocycles. The van der Waals surface area contributed by atoms with Crippen LogP contribution in [0.3, 0.4) is 0 Å². The number of hydrogen-bond acceptors (Lipinski definition) is 10. The smallest absolute Gasteiger partial charge is 0.353 e. The molecule has 2 saturated heterocycles. The number of carbonyl (C=O) groups is 2. The number of cyclic esters (lactones) is 1. The van der Waals surface area contributed by atoms with Crippen molar-refractivity contribution in [1.29, 1.82) is 0 Å². The van der Waals surface area contributed by atoms with Gasteiger partial charge in [0.15, 0.2) is 17.3 Å². The summed E-state index contributed by atoms with van der Waals surface area (Å²) in [5.74, 6) is 0.0723. The van der Waals surface area contributed by atoms with E-state index in [9.17, 15) is 9.59 Å². The Morgan fingerprint density at radius 1 is 1.16 bits per heavy atom. The van der Waals surface area contributed by atoms with Gasteiger partial charge in [-0.1, -0.05) is 42.5 Å². The summed E-state index contributed by atoms with van der Waals surface area (Å²) < 4.78 is 35.4. The van der Waals surface area contributed by atoms with Gasteiger partial charge in [-0.25, -0.2) is 4.79 Å². The van der Waals surface area contributed by atoms with Gasteiger partial charge in [0.05, 0.1) is 37.2 Å². The van der Waals surface area contributed by atoms with Crippen molar-refractivity contribution in [3.8, 4) is 11.5 Å². The summed E-state index contributed by atoms with van der Waals surface area (Å²) in [5, 5.41) is 0. The lowest BCUT2D eigenvalue weighted by Crippen LogP contribution is -2.62. The van der Waals surface area contributed by atoms with Crippen LogP contribution in [0.2, 0.25) is 0 Å². The van der Waals surface area contributed by atoms with E-state index in [1.807, 2.05) is 74.5 Å². The van der Waals surface area contributed by atoms with Crippen molar-refractivity contribution in [1.82, 2.24) is 4.90 Å². The van der Waals surface area contributed by atoms with Crippen LogP contribution in [0.1, 0.15) is 62.1 Å². The Labute approximate surface area is 263 Å². The van der Waals surface area contributed by atoms with Crippen LogP contribution in [-0.2, 0) is 41.6 Å². The van der Waals surface area contributed by atoms with E-state index in [2.05, 4.69) is 4.90 Å². The number of benzene rings is 2. The third-order valence-corrected chi connectivity index (χ3v) is 9.90.